The Morgan fingerprint density at radius 3 is 3.00 bits per heavy atom. The fraction of sp³-hybridized carbons (Fsp3) is 0.600. The Labute approximate surface area is 82.6 Å². The van der Waals surface area contributed by atoms with Gasteiger partial charge in [0.05, 0.1) is 11.6 Å². The first-order valence-electron chi connectivity index (χ1n) is 4.83. The van der Waals surface area contributed by atoms with Gasteiger partial charge in [0.15, 0.2) is 0 Å². The summed E-state index contributed by atoms with van der Waals surface area (Å²) in [6.45, 7) is 1.95. The van der Waals surface area contributed by atoms with E-state index in [0.717, 1.165) is 24.4 Å². The average Bonchev–Trinajstić information content (AvgIpc) is 2.42. The van der Waals surface area contributed by atoms with Gasteiger partial charge in [0.2, 0.25) is 0 Å². The van der Waals surface area contributed by atoms with Crippen LogP contribution < -0.4 is 0 Å². The SMILES string of the molecule is Cc1nc2c(n1C)CCC(C(=O)O)C2. The third kappa shape index (κ3) is 1.31. The van der Waals surface area contributed by atoms with Crippen molar-refractivity contribution in [2.45, 2.75) is 26.2 Å². The van der Waals surface area contributed by atoms with E-state index in [1.807, 2.05) is 14.0 Å². The highest BCUT2D eigenvalue weighted by atomic mass is 16.4. The lowest BCUT2D eigenvalue weighted by Gasteiger charge is -2.18. The second-order valence-corrected chi connectivity index (χ2v) is 3.89. The van der Waals surface area contributed by atoms with Crippen molar-refractivity contribution < 1.29 is 9.90 Å². The summed E-state index contributed by atoms with van der Waals surface area (Å²) in [7, 11) is 1.99. The van der Waals surface area contributed by atoms with E-state index >= 15 is 0 Å². The highest BCUT2D eigenvalue weighted by molar-refractivity contribution is 5.70. The van der Waals surface area contributed by atoms with Crippen molar-refractivity contribution in [1.82, 2.24) is 9.55 Å². The van der Waals surface area contributed by atoms with Gasteiger partial charge in [0, 0.05) is 19.2 Å². The number of nitrogens with zero attached hydrogens (tertiary/aromatic N) is 2. The fourth-order valence-corrected chi connectivity index (χ4v) is 2.06. The highest BCUT2D eigenvalue weighted by Crippen LogP contribution is 2.25. The number of hydrogen-bond donors (Lipinski definition) is 1. The molecule has 1 aliphatic rings. The molecular formula is C10H14N2O2. The van der Waals surface area contributed by atoms with Crippen LogP contribution in [0.2, 0.25) is 0 Å². The maximum Gasteiger partial charge on any atom is 0.306 e. The van der Waals surface area contributed by atoms with E-state index in [1.165, 1.54) is 5.69 Å². The van der Waals surface area contributed by atoms with E-state index in [-0.39, 0.29) is 5.92 Å². The molecule has 1 N–H and O–H groups in total. The maximum atomic E-state index is 10.8. The summed E-state index contributed by atoms with van der Waals surface area (Å²) in [5.41, 5.74) is 2.18. The third-order valence-electron chi connectivity index (χ3n) is 3.04. The number of fused-ring (bicyclic) bond motifs is 1. The summed E-state index contributed by atoms with van der Waals surface area (Å²) in [5, 5.41) is 8.91. The molecule has 1 aromatic heterocycles. The molecule has 14 heavy (non-hydrogen) atoms. The predicted molar refractivity (Wildman–Crippen MR) is 51.1 cm³/mol. The lowest BCUT2D eigenvalue weighted by molar-refractivity contribution is -0.142. The fourth-order valence-electron chi connectivity index (χ4n) is 2.06. The molecule has 0 fully saturated rings. The zero-order valence-corrected chi connectivity index (χ0v) is 8.45. The summed E-state index contributed by atoms with van der Waals surface area (Å²) in [4.78, 5) is 15.2. The number of aromatic nitrogens is 2. The van der Waals surface area contributed by atoms with Crippen LogP contribution >= 0.6 is 0 Å². The quantitative estimate of drug-likeness (QED) is 0.723. The van der Waals surface area contributed by atoms with Crippen LogP contribution in [-0.4, -0.2) is 20.6 Å². The molecule has 1 aliphatic carbocycles. The van der Waals surface area contributed by atoms with Gasteiger partial charge in [-0.3, -0.25) is 4.79 Å². The smallest absolute Gasteiger partial charge is 0.306 e. The van der Waals surface area contributed by atoms with Crippen molar-refractivity contribution in [2.24, 2.45) is 13.0 Å². The van der Waals surface area contributed by atoms with Crippen molar-refractivity contribution in [2.75, 3.05) is 0 Å². The monoisotopic (exact) mass is 194 g/mol. The summed E-state index contributed by atoms with van der Waals surface area (Å²) in [6.07, 6.45) is 2.16. The topological polar surface area (TPSA) is 55.1 Å². The Hall–Kier alpha value is -1.32. The third-order valence-corrected chi connectivity index (χ3v) is 3.04. The van der Waals surface area contributed by atoms with Crippen LogP contribution in [0, 0.1) is 12.8 Å². The number of carboxylic acids is 1. The van der Waals surface area contributed by atoms with Crippen LogP contribution in [0.4, 0.5) is 0 Å². The van der Waals surface area contributed by atoms with E-state index in [2.05, 4.69) is 9.55 Å². The van der Waals surface area contributed by atoms with Gasteiger partial charge in [-0.05, 0) is 19.8 Å². The maximum absolute atomic E-state index is 10.8. The van der Waals surface area contributed by atoms with Crippen LogP contribution in [-0.2, 0) is 24.7 Å². The van der Waals surface area contributed by atoms with E-state index in [1.54, 1.807) is 0 Å². The minimum absolute atomic E-state index is 0.239. The molecule has 0 saturated carbocycles. The van der Waals surface area contributed by atoms with E-state index in [9.17, 15) is 4.79 Å². The Kier molecular flexibility index (Phi) is 2.06. The molecule has 76 valence electrons. The molecule has 1 aromatic rings. The van der Waals surface area contributed by atoms with E-state index in [4.69, 9.17) is 5.11 Å². The standard InChI is InChI=1S/C10H14N2O2/c1-6-11-8-5-7(10(13)14)3-4-9(8)12(6)2/h7H,3-5H2,1-2H3,(H,13,14). The first-order chi connectivity index (χ1) is 6.59. The second-order valence-electron chi connectivity index (χ2n) is 3.89. The van der Waals surface area contributed by atoms with Crippen LogP contribution in [0.1, 0.15) is 23.6 Å². The molecule has 4 nitrogen and oxygen atoms in total. The normalized spacial score (nSPS) is 20.6. The molecule has 0 aliphatic heterocycles. The molecule has 0 aromatic carbocycles. The molecular weight excluding hydrogens is 180 g/mol. The Bertz CT molecular complexity index is 382. The Morgan fingerprint density at radius 1 is 1.64 bits per heavy atom. The predicted octanol–water partition coefficient (Wildman–Crippen LogP) is 0.918. The molecule has 1 unspecified atom stereocenters. The molecule has 0 radical (unpaired) electrons. The Morgan fingerprint density at radius 2 is 2.36 bits per heavy atom. The molecule has 2 rings (SSSR count). The summed E-state index contributed by atoms with van der Waals surface area (Å²) in [6, 6.07) is 0. The van der Waals surface area contributed by atoms with Gasteiger partial charge >= 0.3 is 5.97 Å². The molecule has 1 atom stereocenters. The van der Waals surface area contributed by atoms with Crippen molar-refractivity contribution in [3.05, 3.63) is 17.2 Å². The molecule has 0 amide bonds. The van der Waals surface area contributed by atoms with Crippen molar-refractivity contribution in [1.29, 1.82) is 0 Å². The van der Waals surface area contributed by atoms with Crippen molar-refractivity contribution in [3.63, 3.8) is 0 Å². The highest BCUT2D eigenvalue weighted by Gasteiger charge is 2.27. The minimum Gasteiger partial charge on any atom is -0.481 e. The van der Waals surface area contributed by atoms with Gasteiger partial charge in [0.25, 0.3) is 0 Å². The summed E-state index contributed by atoms with van der Waals surface area (Å²) in [5.74, 6) is 0.0387. The van der Waals surface area contributed by atoms with E-state index < -0.39 is 5.97 Å². The lowest BCUT2D eigenvalue weighted by atomic mass is 9.90. The number of aliphatic carboxylic acids is 1. The zero-order chi connectivity index (χ0) is 10.3. The Balaban J connectivity index is 2.31. The molecule has 0 saturated heterocycles. The van der Waals surface area contributed by atoms with Crippen molar-refractivity contribution >= 4 is 5.97 Å². The first kappa shape index (κ1) is 9.24. The largest absolute Gasteiger partial charge is 0.481 e. The van der Waals surface area contributed by atoms with Crippen LogP contribution in [0.5, 0.6) is 0 Å². The van der Waals surface area contributed by atoms with Crippen LogP contribution in [0.3, 0.4) is 0 Å². The zero-order valence-electron chi connectivity index (χ0n) is 8.45. The number of carboxylic acid groups (broad SMARTS) is 1. The van der Waals surface area contributed by atoms with Crippen LogP contribution in [0.15, 0.2) is 0 Å². The number of aryl methyl sites for hydroxylation is 1. The summed E-state index contributed by atoms with van der Waals surface area (Å²) < 4.78 is 2.06. The van der Waals surface area contributed by atoms with Crippen molar-refractivity contribution in [3.8, 4) is 0 Å². The molecule has 4 heteroatoms. The minimum atomic E-state index is -0.695. The summed E-state index contributed by atoms with van der Waals surface area (Å²) >= 11 is 0. The number of hydrogen-bond acceptors (Lipinski definition) is 2. The second kappa shape index (κ2) is 3.12. The van der Waals surface area contributed by atoms with Gasteiger partial charge in [-0.2, -0.15) is 0 Å². The molecule has 0 spiro atoms. The first-order valence-corrected chi connectivity index (χ1v) is 4.83. The van der Waals surface area contributed by atoms with Gasteiger partial charge < -0.3 is 9.67 Å². The lowest BCUT2D eigenvalue weighted by Crippen LogP contribution is -2.22. The number of carbonyl (C=O) groups is 1. The van der Waals surface area contributed by atoms with Crippen LogP contribution in [0.25, 0.3) is 0 Å². The molecule has 0 bridgehead atoms. The average molecular weight is 194 g/mol. The van der Waals surface area contributed by atoms with E-state index in [0.29, 0.717) is 6.42 Å². The van der Waals surface area contributed by atoms with Gasteiger partial charge in [-0.25, -0.2) is 4.98 Å². The number of imidazole rings is 1. The number of rotatable bonds is 1. The van der Waals surface area contributed by atoms with Gasteiger partial charge in [-0.1, -0.05) is 0 Å². The van der Waals surface area contributed by atoms with Gasteiger partial charge in [-0.15, -0.1) is 0 Å². The van der Waals surface area contributed by atoms with Gasteiger partial charge in [0.1, 0.15) is 5.82 Å². The molecule has 1 heterocycles.